The number of hydrogen-bond acceptors (Lipinski definition) is 0. The van der Waals surface area contributed by atoms with Crippen LogP contribution in [0.25, 0.3) is 44.2 Å². The summed E-state index contributed by atoms with van der Waals surface area (Å²) in [6, 6.07) is 39.0. The van der Waals surface area contributed by atoms with Crippen molar-refractivity contribution in [2.24, 2.45) is 11.8 Å². The maximum atomic E-state index is 3.68. The Morgan fingerprint density at radius 2 is 1.32 bits per heavy atom. The minimum Gasteiger partial charge on any atom is -0.0651 e. The molecule has 2 aliphatic rings. The molecule has 7 rings (SSSR count). The van der Waals surface area contributed by atoms with Gasteiger partial charge in [-0.15, -0.1) is 0 Å². The molecule has 0 aromatic heterocycles. The molecule has 5 aromatic rings. The van der Waals surface area contributed by atoms with Gasteiger partial charge in [0, 0.05) is 9.89 Å². The third kappa shape index (κ3) is 4.25. The van der Waals surface area contributed by atoms with Gasteiger partial charge in [0.15, 0.2) is 0 Å². The first-order valence-electron chi connectivity index (χ1n) is 15.1. The Bertz CT molecular complexity index is 1710. The molecule has 3 atom stereocenters. The number of hydrogen-bond donors (Lipinski definition) is 0. The van der Waals surface area contributed by atoms with Crippen LogP contribution in [0.4, 0.5) is 0 Å². The SMILES string of the molecule is CCC1CCC2(CC(CC)C1)c1cc3ccccc3cc1-c1cccc(-c3cccc(-c4cccc(Br)c4)c3)c12. The molecule has 40 heavy (non-hydrogen) atoms. The van der Waals surface area contributed by atoms with Crippen LogP contribution in [0.1, 0.15) is 63.5 Å². The van der Waals surface area contributed by atoms with Crippen LogP contribution in [0.15, 0.2) is 108 Å². The molecular formula is C39H37Br. The molecule has 5 aromatic carbocycles. The predicted octanol–water partition coefficient (Wildman–Crippen LogP) is 11.8. The maximum Gasteiger partial charge on any atom is 0.0224 e. The molecule has 1 spiro atoms. The fourth-order valence-electron chi connectivity index (χ4n) is 7.93. The lowest BCUT2D eigenvalue weighted by atomic mass is 9.68. The first kappa shape index (κ1) is 25.8. The highest BCUT2D eigenvalue weighted by Crippen LogP contribution is 2.60. The fraction of sp³-hybridized carbons (Fsp3) is 0.282. The van der Waals surface area contributed by atoms with E-state index in [9.17, 15) is 0 Å². The van der Waals surface area contributed by atoms with Gasteiger partial charge in [-0.3, -0.25) is 0 Å². The van der Waals surface area contributed by atoms with E-state index in [4.69, 9.17) is 0 Å². The summed E-state index contributed by atoms with van der Waals surface area (Å²) in [5.41, 5.74) is 11.4. The smallest absolute Gasteiger partial charge is 0.0224 e. The molecule has 0 N–H and O–H groups in total. The van der Waals surface area contributed by atoms with Crippen LogP contribution < -0.4 is 0 Å². The van der Waals surface area contributed by atoms with Crippen molar-refractivity contribution in [3.05, 3.63) is 119 Å². The Balaban J connectivity index is 1.48. The first-order valence-corrected chi connectivity index (χ1v) is 15.9. The number of fused-ring (bicyclic) bond motifs is 6. The first-order chi connectivity index (χ1) is 19.6. The lowest BCUT2D eigenvalue weighted by molar-refractivity contribution is 0.340. The Labute approximate surface area is 247 Å². The van der Waals surface area contributed by atoms with Crippen LogP contribution in [0, 0.1) is 11.8 Å². The normalized spacial score (nSPS) is 21.8. The van der Waals surface area contributed by atoms with Crippen molar-refractivity contribution in [1.29, 1.82) is 0 Å². The molecule has 3 unspecified atom stereocenters. The monoisotopic (exact) mass is 584 g/mol. The molecule has 0 amide bonds. The van der Waals surface area contributed by atoms with Crippen LogP contribution in [0.5, 0.6) is 0 Å². The molecule has 0 saturated heterocycles. The highest BCUT2D eigenvalue weighted by molar-refractivity contribution is 9.10. The summed E-state index contributed by atoms with van der Waals surface area (Å²) < 4.78 is 1.12. The Morgan fingerprint density at radius 1 is 0.650 bits per heavy atom. The van der Waals surface area contributed by atoms with Crippen LogP contribution in [0.2, 0.25) is 0 Å². The van der Waals surface area contributed by atoms with Crippen LogP contribution in [-0.2, 0) is 5.41 Å². The van der Waals surface area contributed by atoms with E-state index in [0.717, 1.165) is 16.3 Å². The quantitative estimate of drug-likeness (QED) is 0.197. The average Bonchev–Trinajstić information content (AvgIpc) is 3.12. The molecule has 0 radical (unpaired) electrons. The van der Waals surface area contributed by atoms with Crippen LogP contribution in [-0.4, -0.2) is 0 Å². The molecule has 0 bridgehead atoms. The molecule has 1 heteroatoms. The van der Waals surface area contributed by atoms with Gasteiger partial charge in [0.25, 0.3) is 0 Å². The molecule has 200 valence electrons. The third-order valence-corrected chi connectivity index (χ3v) is 10.5. The van der Waals surface area contributed by atoms with E-state index in [-0.39, 0.29) is 5.41 Å². The lowest BCUT2D eigenvalue weighted by Crippen LogP contribution is -2.27. The molecule has 0 heterocycles. The van der Waals surface area contributed by atoms with Crippen molar-refractivity contribution in [3.8, 4) is 33.4 Å². The highest BCUT2D eigenvalue weighted by atomic mass is 79.9. The van der Waals surface area contributed by atoms with Gasteiger partial charge in [-0.1, -0.05) is 115 Å². The summed E-state index contributed by atoms with van der Waals surface area (Å²) in [6.07, 6.45) is 7.72. The zero-order valence-electron chi connectivity index (χ0n) is 23.6. The molecule has 1 fully saturated rings. The van der Waals surface area contributed by atoms with Gasteiger partial charge in [0.05, 0.1) is 0 Å². The standard InChI is InChI=1S/C39H37Br/c1-3-26-18-19-39(25-27(4-2)20-26)37-24-31-11-6-5-10-30(31)23-36(37)35-17-9-16-34(38(35)39)32-14-7-12-28(21-32)29-13-8-15-33(40)22-29/h5-17,21-24,26-27H,3-4,18-20,25H2,1-2H3. The van der Waals surface area contributed by atoms with Gasteiger partial charge >= 0.3 is 0 Å². The summed E-state index contributed by atoms with van der Waals surface area (Å²) in [5, 5.41) is 2.72. The molecule has 0 nitrogen and oxygen atoms in total. The maximum absolute atomic E-state index is 3.68. The summed E-state index contributed by atoms with van der Waals surface area (Å²) >= 11 is 3.68. The molecule has 1 saturated carbocycles. The van der Waals surface area contributed by atoms with E-state index >= 15 is 0 Å². The van der Waals surface area contributed by atoms with Crippen molar-refractivity contribution in [1.82, 2.24) is 0 Å². The van der Waals surface area contributed by atoms with Gasteiger partial charge in [0.2, 0.25) is 0 Å². The molecule has 2 aliphatic carbocycles. The molecule has 0 aliphatic heterocycles. The zero-order valence-corrected chi connectivity index (χ0v) is 25.2. The van der Waals surface area contributed by atoms with Crippen molar-refractivity contribution in [2.45, 2.75) is 57.8 Å². The van der Waals surface area contributed by atoms with Gasteiger partial charge in [0.1, 0.15) is 0 Å². The zero-order chi connectivity index (χ0) is 27.3. The topological polar surface area (TPSA) is 0 Å². The van der Waals surface area contributed by atoms with Crippen molar-refractivity contribution in [2.75, 3.05) is 0 Å². The number of rotatable bonds is 4. The van der Waals surface area contributed by atoms with E-state index in [1.165, 1.54) is 82.7 Å². The van der Waals surface area contributed by atoms with Gasteiger partial charge < -0.3 is 0 Å². The highest BCUT2D eigenvalue weighted by Gasteiger charge is 2.47. The summed E-state index contributed by atoms with van der Waals surface area (Å²) in [7, 11) is 0. The average molecular weight is 586 g/mol. The Kier molecular flexibility index (Phi) is 6.67. The number of benzene rings is 5. The van der Waals surface area contributed by atoms with Crippen LogP contribution in [0.3, 0.4) is 0 Å². The predicted molar refractivity (Wildman–Crippen MR) is 175 cm³/mol. The van der Waals surface area contributed by atoms with Crippen LogP contribution >= 0.6 is 15.9 Å². The number of halogens is 1. The lowest BCUT2D eigenvalue weighted by Gasteiger charge is -2.35. The third-order valence-electron chi connectivity index (χ3n) is 10.0. The minimum absolute atomic E-state index is 0.0572. The minimum atomic E-state index is 0.0572. The summed E-state index contributed by atoms with van der Waals surface area (Å²) in [5.74, 6) is 1.57. The van der Waals surface area contributed by atoms with E-state index in [1.54, 1.807) is 11.1 Å². The van der Waals surface area contributed by atoms with E-state index < -0.39 is 0 Å². The van der Waals surface area contributed by atoms with Gasteiger partial charge in [-0.05, 0) is 123 Å². The van der Waals surface area contributed by atoms with E-state index in [1.807, 2.05) is 0 Å². The van der Waals surface area contributed by atoms with Crippen molar-refractivity contribution >= 4 is 26.7 Å². The second kappa shape index (κ2) is 10.3. The summed E-state index contributed by atoms with van der Waals surface area (Å²) in [6.45, 7) is 4.82. The summed E-state index contributed by atoms with van der Waals surface area (Å²) in [4.78, 5) is 0. The largest absolute Gasteiger partial charge is 0.0651 e. The van der Waals surface area contributed by atoms with E-state index in [0.29, 0.717) is 0 Å². The Hall–Kier alpha value is -3.16. The van der Waals surface area contributed by atoms with Crippen molar-refractivity contribution in [3.63, 3.8) is 0 Å². The van der Waals surface area contributed by atoms with Crippen molar-refractivity contribution < 1.29 is 0 Å². The van der Waals surface area contributed by atoms with E-state index in [2.05, 4.69) is 133 Å². The van der Waals surface area contributed by atoms with Gasteiger partial charge in [-0.25, -0.2) is 0 Å². The van der Waals surface area contributed by atoms with Gasteiger partial charge in [-0.2, -0.15) is 0 Å². The second-order valence-electron chi connectivity index (χ2n) is 12.2. The fourth-order valence-corrected chi connectivity index (χ4v) is 8.33. The second-order valence-corrected chi connectivity index (χ2v) is 13.1. The Morgan fingerprint density at radius 3 is 2.10 bits per heavy atom. The molecular weight excluding hydrogens is 548 g/mol.